The van der Waals surface area contributed by atoms with Crippen LogP contribution in [0.15, 0.2) is 30.3 Å². The van der Waals surface area contributed by atoms with Crippen molar-refractivity contribution in [1.29, 1.82) is 0 Å². The van der Waals surface area contributed by atoms with Crippen LogP contribution in [0.25, 0.3) is 0 Å². The summed E-state index contributed by atoms with van der Waals surface area (Å²) < 4.78 is 4.99. The monoisotopic (exact) mass is 304 g/mol. The number of carbonyl (C=O) groups excluding carboxylic acids is 1. The Balaban J connectivity index is 1.63. The Morgan fingerprint density at radius 2 is 2.14 bits per heavy atom. The molecule has 2 rings (SSSR count). The second-order valence-corrected chi connectivity index (χ2v) is 6.14. The molecule has 1 aromatic carbocycles. The molecule has 0 N–H and O–H groups in total. The van der Waals surface area contributed by atoms with Crippen LogP contribution in [-0.4, -0.2) is 49.2 Å². The molecule has 0 spiro atoms. The predicted molar refractivity (Wildman–Crippen MR) is 88.7 cm³/mol. The Hall–Kier alpha value is -1.55. The van der Waals surface area contributed by atoms with E-state index in [1.54, 1.807) is 4.90 Å². The number of benzene rings is 1. The average molecular weight is 304 g/mol. The van der Waals surface area contributed by atoms with E-state index in [4.69, 9.17) is 4.74 Å². The molecule has 1 fully saturated rings. The second-order valence-electron chi connectivity index (χ2n) is 6.14. The Labute approximate surface area is 134 Å². The molecule has 1 atom stereocenters. The highest BCUT2D eigenvalue weighted by molar-refractivity contribution is 5.67. The molecule has 0 aromatic heterocycles. The zero-order chi connectivity index (χ0) is 15.8. The number of rotatable bonds is 7. The third-order valence-corrected chi connectivity index (χ3v) is 4.30. The van der Waals surface area contributed by atoms with Crippen molar-refractivity contribution in [2.24, 2.45) is 5.92 Å². The lowest BCUT2D eigenvalue weighted by atomic mass is 10.0. The topological polar surface area (TPSA) is 32.8 Å². The van der Waals surface area contributed by atoms with Gasteiger partial charge in [0.15, 0.2) is 0 Å². The highest BCUT2D eigenvalue weighted by Crippen LogP contribution is 2.22. The van der Waals surface area contributed by atoms with E-state index < -0.39 is 0 Å². The molecule has 0 radical (unpaired) electrons. The standard InChI is InChI=1S/C18H28N2O2/c1-3-22-18(21)19(2)12-7-10-17-11-13-20(15-17)14-16-8-5-4-6-9-16/h4-6,8-9,17H,3,7,10-15H2,1-2H3. The summed E-state index contributed by atoms with van der Waals surface area (Å²) in [5.74, 6) is 0.763. The predicted octanol–water partition coefficient (Wildman–Crippen LogP) is 3.38. The van der Waals surface area contributed by atoms with Gasteiger partial charge in [-0.15, -0.1) is 0 Å². The maximum absolute atomic E-state index is 11.5. The number of nitrogens with zero attached hydrogens (tertiary/aromatic N) is 2. The minimum Gasteiger partial charge on any atom is -0.450 e. The summed E-state index contributed by atoms with van der Waals surface area (Å²) in [4.78, 5) is 15.7. The fraction of sp³-hybridized carbons (Fsp3) is 0.611. The maximum Gasteiger partial charge on any atom is 0.409 e. The molecule has 1 amide bonds. The van der Waals surface area contributed by atoms with E-state index in [0.717, 1.165) is 25.4 Å². The molecule has 4 heteroatoms. The summed E-state index contributed by atoms with van der Waals surface area (Å²) in [6.07, 6.45) is 3.31. The summed E-state index contributed by atoms with van der Waals surface area (Å²) in [6.45, 7) is 6.49. The van der Waals surface area contributed by atoms with E-state index in [1.807, 2.05) is 14.0 Å². The number of amides is 1. The molecule has 4 nitrogen and oxygen atoms in total. The first kappa shape index (κ1) is 16.8. The van der Waals surface area contributed by atoms with Crippen LogP contribution in [0, 0.1) is 5.92 Å². The van der Waals surface area contributed by atoms with Crippen LogP contribution >= 0.6 is 0 Å². The van der Waals surface area contributed by atoms with E-state index >= 15 is 0 Å². The van der Waals surface area contributed by atoms with Crippen LogP contribution in [0.5, 0.6) is 0 Å². The molecule has 0 saturated carbocycles. The molecule has 122 valence electrons. The molecule has 1 saturated heterocycles. The zero-order valence-electron chi connectivity index (χ0n) is 13.8. The Bertz CT molecular complexity index is 450. The third-order valence-electron chi connectivity index (χ3n) is 4.30. The van der Waals surface area contributed by atoms with Crippen molar-refractivity contribution in [3.05, 3.63) is 35.9 Å². The number of likely N-dealkylation sites (tertiary alicyclic amines) is 1. The van der Waals surface area contributed by atoms with E-state index in [1.165, 1.54) is 31.5 Å². The highest BCUT2D eigenvalue weighted by atomic mass is 16.5. The largest absolute Gasteiger partial charge is 0.450 e. The minimum absolute atomic E-state index is 0.209. The smallest absolute Gasteiger partial charge is 0.409 e. The minimum atomic E-state index is -0.209. The molecule has 1 heterocycles. The van der Waals surface area contributed by atoms with Crippen molar-refractivity contribution in [1.82, 2.24) is 9.80 Å². The van der Waals surface area contributed by atoms with Gasteiger partial charge in [-0.25, -0.2) is 4.79 Å². The molecule has 22 heavy (non-hydrogen) atoms. The number of ether oxygens (including phenoxy) is 1. The number of carbonyl (C=O) groups is 1. The van der Waals surface area contributed by atoms with Gasteiger partial charge in [-0.1, -0.05) is 30.3 Å². The zero-order valence-corrected chi connectivity index (χ0v) is 13.8. The molecule has 1 aliphatic heterocycles. The van der Waals surface area contributed by atoms with Gasteiger partial charge in [0.05, 0.1) is 6.61 Å². The van der Waals surface area contributed by atoms with Gasteiger partial charge in [0.1, 0.15) is 0 Å². The van der Waals surface area contributed by atoms with Gasteiger partial charge in [-0.2, -0.15) is 0 Å². The first-order valence-electron chi connectivity index (χ1n) is 8.33. The van der Waals surface area contributed by atoms with E-state index in [0.29, 0.717) is 6.61 Å². The molecule has 0 aliphatic carbocycles. The van der Waals surface area contributed by atoms with Gasteiger partial charge in [0.2, 0.25) is 0 Å². The lowest BCUT2D eigenvalue weighted by Gasteiger charge is -2.18. The quantitative estimate of drug-likeness (QED) is 0.774. The van der Waals surface area contributed by atoms with Crippen molar-refractivity contribution in [3.63, 3.8) is 0 Å². The Kier molecular flexibility index (Phi) is 6.72. The maximum atomic E-state index is 11.5. The van der Waals surface area contributed by atoms with Gasteiger partial charge < -0.3 is 9.64 Å². The molecule has 1 aromatic rings. The van der Waals surface area contributed by atoms with Crippen LogP contribution < -0.4 is 0 Å². The van der Waals surface area contributed by atoms with E-state index in [9.17, 15) is 4.79 Å². The van der Waals surface area contributed by atoms with E-state index in [-0.39, 0.29) is 6.09 Å². The average Bonchev–Trinajstić information content (AvgIpc) is 2.96. The van der Waals surface area contributed by atoms with Crippen LogP contribution in [-0.2, 0) is 11.3 Å². The molecule has 1 aliphatic rings. The fourth-order valence-corrected chi connectivity index (χ4v) is 3.08. The normalized spacial score (nSPS) is 18.4. The summed E-state index contributed by atoms with van der Waals surface area (Å²) >= 11 is 0. The van der Waals surface area contributed by atoms with Crippen molar-refractivity contribution < 1.29 is 9.53 Å². The molecular weight excluding hydrogens is 276 g/mol. The molecular formula is C18H28N2O2. The number of hydrogen-bond acceptors (Lipinski definition) is 3. The van der Waals surface area contributed by atoms with Crippen LogP contribution in [0.4, 0.5) is 4.79 Å². The van der Waals surface area contributed by atoms with Crippen molar-refractivity contribution in [3.8, 4) is 0 Å². The lowest BCUT2D eigenvalue weighted by Crippen LogP contribution is -2.28. The molecule has 1 unspecified atom stereocenters. The van der Waals surface area contributed by atoms with Crippen LogP contribution in [0.3, 0.4) is 0 Å². The molecule has 0 bridgehead atoms. The van der Waals surface area contributed by atoms with Crippen LogP contribution in [0.1, 0.15) is 31.7 Å². The summed E-state index contributed by atoms with van der Waals surface area (Å²) in [7, 11) is 1.81. The highest BCUT2D eigenvalue weighted by Gasteiger charge is 2.22. The fourth-order valence-electron chi connectivity index (χ4n) is 3.08. The van der Waals surface area contributed by atoms with Crippen LogP contribution in [0.2, 0.25) is 0 Å². The second kappa shape index (κ2) is 8.79. The van der Waals surface area contributed by atoms with Gasteiger partial charge in [0.25, 0.3) is 0 Å². The summed E-state index contributed by atoms with van der Waals surface area (Å²) in [6, 6.07) is 10.7. The van der Waals surface area contributed by atoms with Crippen molar-refractivity contribution in [2.45, 2.75) is 32.7 Å². The van der Waals surface area contributed by atoms with Crippen molar-refractivity contribution >= 4 is 6.09 Å². The Morgan fingerprint density at radius 1 is 1.36 bits per heavy atom. The first-order valence-corrected chi connectivity index (χ1v) is 8.33. The third kappa shape index (κ3) is 5.34. The van der Waals surface area contributed by atoms with Gasteiger partial charge in [0, 0.05) is 26.7 Å². The van der Waals surface area contributed by atoms with Gasteiger partial charge >= 0.3 is 6.09 Å². The summed E-state index contributed by atoms with van der Waals surface area (Å²) in [5, 5.41) is 0. The Morgan fingerprint density at radius 3 is 2.86 bits per heavy atom. The number of hydrogen-bond donors (Lipinski definition) is 0. The van der Waals surface area contributed by atoms with Gasteiger partial charge in [-0.05, 0) is 44.2 Å². The SMILES string of the molecule is CCOC(=O)N(C)CCCC1CCN(Cc2ccccc2)C1. The van der Waals surface area contributed by atoms with Crippen molar-refractivity contribution in [2.75, 3.05) is 33.3 Å². The first-order chi connectivity index (χ1) is 10.7. The van der Waals surface area contributed by atoms with Gasteiger partial charge in [-0.3, -0.25) is 4.90 Å². The lowest BCUT2D eigenvalue weighted by molar-refractivity contribution is 0.115. The van der Waals surface area contributed by atoms with E-state index in [2.05, 4.69) is 35.2 Å². The summed E-state index contributed by atoms with van der Waals surface area (Å²) in [5.41, 5.74) is 1.39.